The number of nitrogen functional groups attached to an aromatic ring is 1. The van der Waals surface area contributed by atoms with Crippen LogP contribution in [0.25, 0.3) is 10.8 Å². The highest BCUT2D eigenvalue weighted by Gasteiger charge is 2.00. The molecule has 0 saturated heterocycles. The van der Waals surface area contributed by atoms with Gasteiger partial charge in [0.25, 0.3) is 0 Å². The van der Waals surface area contributed by atoms with Gasteiger partial charge >= 0.3 is 0 Å². The van der Waals surface area contributed by atoms with Crippen molar-refractivity contribution >= 4 is 16.6 Å². The Labute approximate surface area is 77.4 Å². The number of aryl methyl sites for hydroxylation is 1. The first-order chi connectivity index (χ1) is 6.33. The molecule has 66 valence electrons. The number of anilines is 1. The molecule has 0 radical (unpaired) electrons. The van der Waals surface area contributed by atoms with E-state index in [1.807, 2.05) is 18.2 Å². The number of rotatable bonds is 1. The molecule has 0 aliphatic carbocycles. The monoisotopic (exact) mass is 172 g/mol. The molecule has 0 aliphatic rings. The van der Waals surface area contributed by atoms with Crippen molar-refractivity contribution in [3.8, 4) is 0 Å². The SMILES string of the molecule is CCc1cccc2c(N)nccc12. The van der Waals surface area contributed by atoms with Crippen LogP contribution >= 0.6 is 0 Å². The van der Waals surface area contributed by atoms with Gasteiger partial charge in [0, 0.05) is 11.6 Å². The van der Waals surface area contributed by atoms with E-state index in [0.29, 0.717) is 5.82 Å². The van der Waals surface area contributed by atoms with E-state index in [1.165, 1.54) is 10.9 Å². The minimum absolute atomic E-state index is 0.618. The van der Waals surface area contributed by atoms with Gasteiger partial charge in [0.2, 0.25) is 0 Å². The molecule has 0 saturated carbocycles. The summed E-state index contributed by atoms with van der Waals surface area (Å²) < 4.78 is 0. The van der Waals surface area contributed by atoms with Crippen LogP contribution in [0.1, 0.15) is 12.5 Å². The Bertz CT molecular complexity index is 435. The van der Waals surface area contributed by atoms with Gasteiger partial charge in [-0.1, -0.05) is 25.1 Å². The molecule has 0 fully saturated rings. The molecule has 1 aromatic heterocycles. The number of nitrogens with zero attached hydrogens (tertiary/aromatic N) is 1. The second-order valence-corrected chi connectivity index (χ2v) is 3.06. The first kappa shape index (κ1) is 8.05. The maximum Gasteiger partial charge on any atom is 0.131 e. The lowest BCUT2D eigenvalue weighted by Gasteiger charge is -2.04. The van der Waals surface area contributed by atoms with Gasteiger partial charge in [0.15, 0.2) is 0 Å². The Hall–Kier alpha value is -1.57. The summed E-state index contributed by atoms with van der Waals surface area (Å²) in [4.78, 5) is 4.06. The highest BCUT2D eigenvalue weighted by atomic mass is 14.8. The second kappa shape index (κ2) is 3.05. The summed E-state index contributed by atoms with van der Waals surface area (Å²) in [6.07, 6.45) is 2.79. The fraction of sp³-hybridized carbons (Fsp3) is 0.182. The Morgan fingerprint density at radius 3 is 2.85 bits per heavy atom. The van der Waals surface area contributed by atoms with Crippen molar-refractivity contribution in [3.63, 3.8) is 0 Å². The van der Waals surface area contributed by atoms with Crippen LogP contribution in [-0.4, -0.2) is 4.98 Å². The number of nitrogens with two attached hydrogens (primary N) is 1. The minimum atomic E-state index is 0.618. The maximum absolute atomic E-state index is 5.77. The molecule has 0 amide bonds. The van der Waals surface area contributed by atoms with Crippen LogP contribution in [0, 0.1) is 0 Å². The molecular formula is C11H12N2. The lowest BCUT2D eigenvalue weighted by molar-refractivity contribution is 1.16. The van der Waals surface area contributed by atoms with Gasteiger partial charge in [-0.25, -0.2) is 4.98 Å². The summed E-state index contributed by atoms with van der Waals surface area (Å²) in [7, 11) is 0. The number of fused-ring (bicyclic) bond motifs is 1. The van der Waals surface area contributed by atoms with Crippen molar-refractivity contribution in [2.45, 2.75) is 13.3 Å². The molecule has 13 heavy (non-hydrogen) atoms. The van der Waals surface area contributed by atoms with E-state index in [4.69, 9.17) is 5.73 Å². The van der Waals surface area contributed by atoms with Gasteiger partial charge in [0.1, 0.15) is 5.82 Å². The molecule has 1 aromatic carbocycles. The number of pyridine rings is 1. The van der Waals surface area contributed by atoms with Crippen LogP contribution in [0.15, 0.2) is 30.5 Å². The summed E-state index contributed by atoms with van der Waals surface area (Å²) in [5, 5.41) is 2.28. The molecular weight excluding hydrogens is 160 g/mol. The number of benzene rings is 1. The topological polar surface area (TPSA) is 38.9 Å². The third kappa shape index (κ3) is 1.24. The van der Waals surface area contributed by atoms with Crippen LogP contribution in [0.3, 0.4) is 0 Å². The van der Waals surface area contributed by atoms with Gasteiger partial charge in [-0.2, -0.15) is 0 Å². The summed E-state index contributed by atoms with van der Waals surface area (Å²) in [5.74, 6) is 0.618. The molecule has 2 aromatic rings. The van der Waals surface area contributed by atoms with Crippen molar-refractivity contribution < 1.29 is 0 Å². The molecule has 0 bridgehead atoms. The van der Waals surface area contributed by atoms with E-state index in [2.05, 4.69) is 18.0 Å². The highest BCUT2D eigenvalue weighted by Crippen LogP contribution is 2.22. The molecule has 1 heterocycles. The zero-order valence-corrected chi connectivity index (χ0v) is 7.62. The molecule has 2 nitrogen and oxygen atoms in total. The standard InChI is InChI=1S/C11H12N2/c1-2-8-4-3-5-10-9(8)6-7-13-11(10)12/h3-7H,2H2,1H3,(H2,12,13). The van der Waals surface area contributed by atoms with E-state index in [-0.39, 0.29) is 0 Å². The Kier molecular flexibility index (Phi) is 1.89. The fourth-order valence-corrected chi connectivity index (χ4v) is 1.60. The van der Waals surface area contributed by atoms with Gasteiger partial charge in [-0.3, -0.25) is 0 Å². The highest BCUT2D eigenvalue weighted by molar-refractivity contribution is 5.92. The lowest BCUT2D eigenvalue weighted by Crippen LogP contribution is -1.92. The van der Waals surface area contributed by atoms with Crippen LogP contribution in [-0.2, 0) is 6.42 Å². The van der Waals surface area contributed by atoms with Gasteiger partial charge in [0.05, 0.1) is 0 Å². The number of hydrogen-bond acceptors (Lipinski definition) is 2. The van der Waals surface area contributed by atoms with E-state index in [9.17, 15) is 0 Å². The molecule has 0 aliphatic heterocycles. The van der Waals surface area contributed by atoms with E-state index >= 15 is 0 Å². The fourth-order valence-electron chi connectivity index (χ4n) is 1.60. The molecule has 0 spiro atoms. The zero-order chi connectivity index (χ0) is 9.26. The predicted octanol–water partition coefficient (Wildman–Crippen LogP) is 2.38. The summed E-state index contributed by atoms with van der Waals surface area (Å²) in [6, 6.07) is 8.18. The normalized spacial score (nSPS) is 10.5. The largest absolute Gasteiger partial charge is 0.383 e. The molecule has 2 N–H and O–H groups in total. The van der Waals surface area contributed by atoms with E-state index in [0.717, 1.165) is 11.8 Å². The van der Waals surface area contributed by atoms with Gasteiger partial charge in [-0.05, 0) is 23.4 Å². The quantitative estimate of drug-likeness (QED) is 0.717. The Morgan fingerprint density at radius 1 is 1.23 bits per heavy atom. The van der Waals surface area contributed by atoms with Crippen molar-refractivity contribution in [1.29, 1.82) is 0 Å². The third-order valence-electron chi connectivity index (χ3n) is 2.31. The summed E-state index contributed by atoms with van der Waals surface area (Å²) in [5.41, 5.74) is 7.09. The zero-order valence-electron chi connectivity index (χ0n) is 7.62. The summed E-state index contributed by atoms with van der Waals surface area (Å²) >= 11 is 0. The molecule has 0 unspecified atom stereocenters. The van der Waals surface area contributed by atoms with Crippen molar-refractivity contribution in [3.05, 3.63) is 36.0 Å². The van der Waals surface area contributed by atoms with E-state index in [1.54, 1.807) is 6.20 Å². The van der Waals surface area contributed by atoms with Crippen molar-refractivity contribution in [2.24, 2.45) is 0 Å². The molecule has 2 heteroatoms. The first-order valence-electron chi connectivity index (χ1n) is 4.45. The molecule has 0 atom stereocenters. The van der Waals surface area contributed by atoms with Crippen molar-refractivity contribution in [1.82, 2.24) is 4.98 Å². The second-order valence-electron chi connectivity index (χ2n) is 3.06. The summed E-state index contributed by atoms with van der Waals surface area (Å²) in [6.45, 7) is 2.14. The first-order valence-corrected chi connectivity index (χ1v) is 4.45. The number of hydrogen-bond donors (Lipinski definition) is 1. The maximum atomic E-state index is 5.77. The van der Waals surface area contributed by atoms with Crippen LogP contribution in [0.4, 0.5) is 5.82 Å². The predicted molar refractivity (Wildman–Crippen MR) is 55.5 cm³/mol. The lowest BCUT2D eigenvalue weighted by atomic mass is 10.0. The Balaban J connectivity index is 2.84. The van der Waals surface area contributed by atoms with Crippen LogP contribution in [0.2, 0.25) is 0 Å². The van der Waals surface area contributed by atoms with Crippen molar-refractivity contribution in [2.75, 3.05) is 5.73 Å². The average Bonchev–Trinajstić information content (AvgIpc) is 2.18. The van der Waals surface area contributed by atoms with Crippen LogP contribution in [0.5, 0.6) is 0 Å². The van der Waals surface area contributed by atoms with Gasteiger partial charge < -0.3 is 5.73 Å². The Morgan fingerprint density at radius 2 is 2.08 bits per heavy atom. The average molecular weight is 172 g/mol. The molecule has 2 rings (SSSR count). The minimum Gasteiger partial charge on any atom is -0.383 e. The van der Waals surface area contributed by atoms with E-state index < -0.39 is 0 Å². The smallest absolute Gasteiger partial charge is 0.131 e. The van der Waals surface area contributed by atoms with Gasteiger partial charge in [-0.15, -0.1) is 0 Å². The number of aromatic nitrogens is 1. The third-order valence-corrected chi connectivity index (χ3v) is 2.31. The van der Waals surface area contributed by atoms with Crippen LogP contribution < -0.4 is 5.73 Å².